The van der Waals surface area contributed by atoms with Gasteiger partial charge in [0.15, 0.2) is 0 Å². The van der Waals surface area contributed by atoms with E-state index in [9.17, 15) is 0 Å². The first kappa shape index (κ1) is 38.4. The Morgan fingerprint density at radius 1 is 0.511 bits per heavy atom. The minimum absolute atomic E-state index is 0. The molecule has 1 fully saturated rings. The summed E-state index contributed by atoms with van der Waals surface area (Å²) in [6, 6.07) is 29.9. The maximum absolute atomic E-state index is 8.49. The van der Waals surface area contributed by atoms with Crippen molar-refractivity contribution in [2.24, 2.45) is 11.5 Å². The topological polar surface area (TPSA) is 262 Å². The Hall–Kier alpha value is -2.82. The number of pyridine rings is 2. The first-order valence-corrected chi connectivity index (χ1v) is 15.7. The fourth-order valence-corrected chi connectivity index (χ4v) is 4.76. The fourth-order valence-electron chi connectivity index (χ4n) is 4.76. The van der Waals surface area contributed by atoms with Crippen LogP contribution in [-0.4, -0.2) is 22.1 Å². The van der Waals surface area contributed by atoms with Gasteiger partial charge in [-0.05, 0) is 47.2 Å². The molecule has 1 aliphatic carbocycles. The molecule has 2 heterocycles. The Balaban J connectivity index is 0.000000306. The zero-order chi connectivity index (χ0) is 32.3. The molecule has 1 saturated carbocycles. The van der Waals surface area contributed by atoms with Crippen LogP contribution in [0.1, 0.15) is 25.7 Å². The van der Waals surface area contributed by atoms with Gasteiger partial charge >= 0.3 is 17.1 Å². The molecule has 3 aromatic carbocycles. The van der Waals surface area contributed by atoms with Gasteiger partial charge in [0, 0.05) is 35.2 Å². The van der Waals surface area contributed by atoms with Crippen LogP contribution >= 0.6 is 0 Å². The van der Waals surface area contributed by atoms with Crippen molar-refractivity contribution in [3.63, 3.8) is 0 Å². The Labute approximate surface area is 274 Å². The SMILES string of the molecule is N[C@H]1CCCC[C@@H]1N.[Cu+2].[O-][Cl+3]([O-])([O-])[O-].[O-][Cl+3]([O-])([O-])[O-].c1ccc(-c2ccnc3c2ccc2c(-c4ccccc4)ccnc23)cc1. The Kier molecular flexibility index (Phi) is 15.1. The summed E-state index contributed by atoms with van der Waals surface area (Å²) < 4.78 is 67.9. The molecule has 15 heteroatoms. The molecule has 2 aromatic heterocycles. The van der Waals surface area contributed by atoms with Gasteiger partial charge in [-0.15, -0.1) is 20.5 Å². The molecule has 6 rings (SSSR count). The summed E-state index contributed by atoms with van der Waals surface area (Å²) in [6.07, 6.45) is 8.55. The molecule has 0 spiro atoms. The van der Waals surface area contributed by atoms with E-state index in [0.29, 0.717) is 0 Å². The molecule has 243 valence electrons. The molecule has 0 aliphatic heterocycles. The van der Waals surface area contributed by atoms with Crippen LogP contribution in [0.25, 0.3) is 44.1 Å². The number of halogens is 2. The maximum atomic E-state index is 8.49. The summed E-state index contributed by atoms with van der Waals surface area (Å²) in [5.74, 6) is 0. The minimum Gasteiger partial charge on any atom is -0.326 e. The maximum Gasteiger partial charge on any atom is 2.00 e. The van der Waals surface area contributed by atoms with Crippen LogP contribution in [0.5, 0.6) is 0 Å². The minimum atomic E-state index is -4.94. The number of rotatable bonds is 2. The molecule has 1 radical (unpaired) electrons. The predicted molar refractivity (Wildman–Crippen MR) is 142 cm³/mol. The number of nitrogens with zero attached hydrogens (tertiary/aromatic N) is 2. The summed E-state index contributed by atoms with van der Waals surface area (Å²) in [5.41, 5.74) is 18.0. The normalized spacial score (nSPS) is 16.1. The molecule has 12 nitrogen and oxygen atoms in total. The molecule has 2 atom stereocenters. The number of nitrogens with two attached hydrogens (primary N) is 2. The largest absolute Gasteiger partial charge is 2.00 e. The standard InChI is InChI=1S/C24H16N2.C6H14N2.2ClHO4.Cu/c1-3-7-17(8-4-1)19-13-15-25-23-21(19)11-12-22-20(14-16-26-24(22)23)18-9-5-2-6-10-18;7-5-3-1-2-4-6(5)8;2*2-1(3,4)5;/h1-16H;5-6H,1-4,7-8H2;2*(H,2,3,4,5);/q;;;;+2/p-2/t;5-,6-;;;/m.0.../s1. The van der Waals surface area contributed by atoms with Crippen molar-refractivity contribution in [2.75, 3.05) is 0 Å². The second-order valence-electron chi connectivity index (χ2n) is 9.68. The summed E-state index contributed by atoms with van der Waals surface area (Å²) in [4.78, 5) is 9.34. The van der Waals surface area contributed by atoms with E-state index in [1.165, 1.54) is 35.1 Å². The van der Waals surface area contributed by atoms with Crippen molar-refractivity contribution in [1.29, 1.82) is 0 Å². The van der Waals surface area contributed by atoms with Crippen molar-refractivity contribution in [1.82, 2.24) is 9.97 Å². The van der Waals surface area contributed by atoms with Crippen molar-refractivity contribution in [3.05, 3.63) is 97.3 Å². The quantitative estimate of drug-likeness (QED) is 0.136. The summed E-state index contributed by atoms with van der Waals surface area (Å²) in [6.45, 7) is 0. The third kappa shape index (κ3) is 13.2. The van der Waals surface area contributed by atoms with Gasteiger partial charge in [0.25, 0.3) is 0 Å². The van der Waals surface area contributed by atoms with Crippen LogP contribution in [0.15, 0.2) is 97.3 Å². The van der Waals surface area contributed by atoms with Gasteiger partial charge in [-0.3, -0.25) is 9.97 Å². The summed E-state index contributed by atoms with van der Waals surface area (Å²) >= 11 is 0. The first-order chi connectivity index (χ1) is 20.7. The molecule has 0 saturated heterocycles. The monoisotopic (exact) mass is 707 g/mol. The van der Waals surface area contributed by atoms with Gasteiger partial charge in [-0.25, -0.2) is 37.3 Å². The average molecular weight is 709 g/mol. The van der Waals surface area contributed by atoms with Gasteiger partial charge in [0.05, 0.1) is 11.0 Å². The van der Waals surface area contributed by atoms with E-state index in [0.717, 1.165) is 34.6 Å². The molecular formula is C30H30Cl2CuN4O8. The summed E-state index contributed by atoms with van der Waals surface area (Å²) in [5, 5.41) is 2.26. The fraction of sp³-hybridized carbons (Fsp3) is 0.200. The predicted octanol–water partition coefficient (Wildman–Crippen LogP) is -3.18. The average Bonchev–Trinajstić information content (AvgIpc) is 2.97. The van der Waals surface area contributed by atoms with Gasteiger partial charge < -0.3 is 11.5 Å². The van der Waals surface area contributed by atoms with Crippen molar-refractivity contribution in [2.45, 2.75) is 37.8 Å². The Bertz CT molecular complexity index is 1480. The third-order valence-electron chi connectivity index (χ3n) is 6.67. The molecule has 0 unspecified atom stereocenters. The number of fused-ring (bicyclic) bond motifs is 3. The second-order valence-corrected chi connectivity index (χ2v) is 11.2. The number of aromatic nitrogens is 2. The van der Waals surface area contributed by atoms with E-state index in [-0.39, 0.29) is 29.2 Å². The van der Waals surface area contributed by atoms with Crippen LogP contribution in [0, 0.1) is 20.5 Å². The van der Waals surface area contributed by atoms with Gasteiger partial charge in [-0.2, -0.15) is 0 Å². The molecule has 45 heavy (non-hydrogen) atoms. The first-order valence-electron chi connectivity index (χ1n) is 13.2. The number of hydrogen-bond donors (Lipinski definition) is 2. The third-order valence-corrected chi connectivity index (χ3v) is 6.67. The molecule has 4 N–H and O–H groups in total. The van der Waals surface area contributed by atoms with E-state index in [1.54, 1.807) is 0 Å². The molecule has 1 aliphatic rings. The van der Waals surface area contributed by atoms with Gasteiger partial charge in [0.1, 0.15) is 0 Å². The van der Waals surface area contributed by atoms with Crippen molar-refractivity contribution in [3.8, 4) is 22.3 Å². The summed E-state index contributed by atoms with van der Waals surface area (Å²) in [7, 11) is -9.89. The second kappa shape index (κ2) is 17.8. The molecular weight excluding hydrogens is 679 g/mol. The number of hydrogen-bond acceptors (Lipinski definition) is 12. The van der Waals surface area contributed by atoms with Crippen LogP contribution in [0.4, 0.5) is 0 Å². The number of benzene rings is 3. The molecule has 0 amide bonds. The Morgan fingerprint density at radius 3 is 1.11 bits per heavy atom. The van der Waals surface area contributed by atoms with Crippen LogP contribution in [-0.2, 0) is 17.1 Å². The van der Waals surface area contributed by atoms with Gasteiger partial charge in [-0.1, -0.05) is 85.6 Å². The van der Waals surface area contributed by atoms with E-state index in [1.807, 2.05) is 24.5 Å². The van der Waals surface area contributed by atoms with E-state index in [4.69, 9.17) is 48.7 Å². The molecule has 0 bridgehead atoms. The zero-order valence-corrected chi connectivity index (χ0v) is 26.0. The van der Waals surface area contributed by atoms with E-state index < -0.39 is 20.5 Å². The van der Waals surface area contributed by atoms with Crippen LogP contribution < -0.4 is 48.7 Å². The van der Waals surface area contributed by atoms with Crippen LogP contribution in [0.3, 0.4) is 0 Å². The smallest absolute Gasteiger partial charge is 0.326 e. The molecule has 5 aromatic rings. The van der Waals surface area contributed by atoms with E-state index in [2.05, 4.69) is 82.8 Å². The van der Waals surface area contributed by atoms with Crippen molar-refractivity contribution < 1.29 is 74.8 Å². The Morgan fingerprint density at radius 2 is 0.822 bits per heavy atom. The van der Waals surface area contributed by atoms with E-state index >= 15 is 0 Å². The van der Waals surface area contributed by atoms with Crippen LogP contribution in [0.2, 0.25) is 0 Å². The van der Waals surface area contributed by atoms with Gasteiger partial charge in [0.2, 0.25) is 0 Å². The zero-order valence-electron chi connectivity index (χ0n) is 23.6. The van der Waals surface area contributed by atoms with Crippen molar-refractivity contribution >= 4 is 21.8 Å².